The Hall–Kier alpha value is -3.64. The van der Waals surface area contributed by atoms with Gasteiger partial charge in [0.1, 0.15) is 5.75 Å². The SMILES string of the molecule is COc1ccc(-n2c(C)cc([C@@H]3[C@H](c4ccccn4)NC(=S)N3c3ccc(C)cc3)c2C)cc1. The summed E-state index contributed by atoms with van der Waals surface area (Å²) in [5, 5.41) is 4.27. The molecule has 0 amide bonds. The molecule has 1 aliphatic heterocycles. The van der Waals surface area contributed by atoms with E-state index in [4.69, 9.17) is 17.0 Å². The predicted molar refractivity (Wildman–Crippen MR) is 141 cm³/mol. The van der Waals surface area contributed by atoms with Crippen LogP contribution in [0, 0.1) is 20.8 Å². The molecule has 1 saturated heterocycles. The summed E-state index contributed by atoms with van der Waals surface area (Å²) in [4.78, 5) is 6.91. The number of aryl methyl sites for hydroxylation is 2. The number of thiocarbonyl (C=S) groups is 1. The van der Waals surface area contributed by atoms with Gasteiger partial charge in [-0.05, 0) is 93.1 Å². The van der Waals surface area contributed by atoms with Gasteiger partial charge in [-0.2, -0.15) is 0 Å². The predicted octanol–water partition coefficient (Wildman–Crippen LogP) is 5.98. The van der Waals surface area contributed by atoms with Crippen LogP contribution in [0.25, 0.3) is 5.69 Å². The first kappa shape index (κ1) is 22.2. The summed E-state index contributed by atoms with van der Waals surface area (Å²) in [6.45, 7) is 6.42. The lowest BCUT2D eigenvalue weighted by atomic mass is 9.96. The van der Waals surface area contributed by atoms with Gasteiger partial charge in [0.15, 0.2) is 5.11 Å². The van der Waals surface area contributed by atoms with E-state index < -0.39 is 0 Å². The number of hydrogen-bond acceptors (Lipinski definition) is 3. The molecule has 6 heteroatoms. The van der Waals surface area contributed by atoms with Crippen molar-refractivity contribution in [3.05, 3.63) is 107 Å². The molecule has 2 aromatic heterocycles. The fraction of sp³-hybridized carbons (Fsp3) is 0.214. The Balaban J connectivity index is 1.65. The molecular formula is C28H28N4OS. The van der Waals surface area contributed by atoms with Crippen LogP contribution in [-0.2, 0) is 0 Å². The van der Waals surface area contributed by atoms with Crippen molar-refractivity contribution in [1.82, 2.24) is 14.9 Å². The highest BCUT2D eigenvalue weighted by atomic mass is 32.1. The van der Waals surface area contributed by atoms with Gasteiger partial charge in [0.2, 0.25) is 0 Å². The fourth-order valence-electron chi connectivity index (χ4n) is 4.87. The van der Waals surface area contributed by atoms with Gasteiger partial charge in [0, 0.05) is 29.0 Å². The van der Waals surface area contributed by atoms with Gasteiger partial charge in [-0.3, -0.25) is 4.98 Å². The molecule has 1 N–H and O–H groups in total. The van der Waals surface area contributed by atoms with Crippen molar-refractivity contribution in [3.8, 4) is 11.4 Å². The van der Waals surface area contributed by atoms with Gasteiger partial charge in [-0.25, -0.2) is 0 Å². The lowest BCUT2D eigenvalue weighted by Gasteiger charge is -2.28. The van der Waals surface area contributed by atoms with Crippen molar-refractivity contribution >= 4 is 23.0 Å². The molecule has 3 heterocycles. The van der Waals surface area contributed by atoms with Crippen molar-refractivity contribution in [3.63, 3.8) is 0 Å². The van der Waals surface area contributed by atoms with Crippen LogP contribution in [0.4, 0.5) is 5.69 Å². The quantitative estimate of drug-likeness (QED) is 0.365. The number of nitrogens with one attached hydrogen (secondary N) is 1. The Morgan fingerprint density at radius 1 is 0.912 bits per heavy atom. The van der Waals surface area contributed by atoms with E-state index in [-0.39, 0.29) is 12.1 Å². The summed E-state index contributed by atoms with van der Waals surface area (Å²) in [5.41, 5.74) is 7.93. The van der Waals surface area contributed by atoms with Crippen LogP contribution >= 0.6 is 12.2 Å². The zero-order valence-electron chi connectivity index (χ0n) is 19.8. The Morgan fingerprint density at radius 3 is 2.26 bits per heavy atom. The minimum Gasteiger partial charge on any atom is -0.497 e. The molecular weight excluding hydrogens is 440 g/mol. The third-order valence-corrected chi connectivity index (χ3v) is 6.84. The molecule has 5 rings (SSSR count). The van der Waals surface area contributed by atoms with Crippen LogP contribution in [0.1, 0.15) is 40.3 Å². The van der Waals surface area contributed by atoms with Gasteiger partial charge in [-0.15, -0.1) is 0 Å². The molecule has 5 nitrogen and oxygen atoms in total. The van der Waals surface area contributed by atoms with Crippen molar-refractivity contribution in [2.45, 2.75) is 32.9 Å². The molecule has 0 bridgehead atoms. The van der Waals surface area contributed by atoms with Crippen LogP contribution in [0.5, 0.6) is 5.75 Å². The number of aromatic nitrogens is 2. The number of anilines is 1. The summed E-state index contributed by atoms with van der Waals surface area (Å²) in [6, 6.07) is 24.9. The minimum atomic E-state index is -0.0696. The molecule has 2 atom stereocenters. The Bertz CT molecular complexity index is 1310. The first-order valence-corrected chi connectivity index (χ1v) is 11.8. The molecule has 1 aliphatic rings. The van der Waals surface area contributed by atoms with E-state index in [1.54, 1.807) is 7.11 Å². The maximum atomic E-state index is 5.88. The molecule has 34 heavy (non-hydrogen) atoms. The molecule has 0 saturated carbocycles. The molecule has 0 unspecified atom stereocenters. The largest absolute Gasteiger partial charge is 0.497 e. The summed E-state index contributed by atoms with van der Waals surface area (Å²) in [5.74, 6) is 0.845. The van der Waals surface area contributed by atoms with Crippen LogP contribution in [0.15, 0.2) is 79.0 Å². The van der Waals surface area contributed by atoms with E-state index in [1.165, 1.54) is 22.5 Å². The van der Waals surface area contributed by atoms with E-state index in [9.17, 15) is 0 Å². The van der Waals surface area contributed by atoms with Crippen LogP contribution in [0.2, 0.25) is 0 Å². The van der Waals surface area contributed by atoms with E-state index in [2.05, 4.69) is 89.1 Å². The van der Waals surface area contributed by atoms with Crippen molar-refractivity contribution in [2.75, 3.05) is 12.0 Å². The van der Waals surface area contributed by atoms with E-state index in [0.29, 0.717) is 5.11 Å². The second kappa shape index (κ2) is 8.95. The standard InChI is InChI=1S/C28H28N4OS/c1-18-8-10-22(11-9-18)32-27(26(30-28(32)34)25-7-5-6-16-29-25)24-17-19(2)31(20(24)3)21-12-14-23(33-4)15-13-21/h5-17,26-27H,1-4H3,(H,30,34)/t26-,27+/m0/s1. The molecule has 172 valence electrons. The zero-order chi connectivity index (χ0) is 23.8. The first-order valence-electron chi connectivity index (χ1n) is 11.4. The number of nitrogens with zero attached hydrogens (tertiary/aromatic N) is 3. The monoisotopic (exact) mass is 468 g/mol. The Kier molecular flexibility index (Phi) is 5.84. The molecule has 2 aromatic carbocycles. The number of rotatable bonds is 5. The van der Waals surface area contributed by atoms with Crippen molar-refractivity contribution < 1.29 is 4.74 Å². The van der Waals surface area contributed by atoms with Crippen molar-refractivity contribution in [2.24, 2.45) is 0 Å². The third kappa shape index (κ3) is 3.84. The van der Waals surface area contributed by atoms with Crippen LogP contribution in [0.3, 0.4) is 0 Å². The normalized spacial score (nSPS) is 17.6. The second-order valence-corrected chi connectivity index (χ2v) is 9.08. The zero-order valence-corrected chi connectivity index (χ0v) is 20.6. The summed E-state index contributed by atoms with van der Waals surface area (Å²) in [7, 11) is 1.69. The summed E-state index contributed by atoms with van der Waals surface area (Å²) < 4.78 is 7.64. The number of ether oxygens (including phenoxy) is 1. The average Bonchev–Trinajstić information content (AvgIpc) is 3.35. The van der Waals surface area contributed by atoms with Gasteiger partial charge >= 0.3 is 0 Å². The maximum absolute atomic E-state index is 5.88. The number of pyridine rings is 1. The van der Waals surface area contributed by atoms with Gasteiger partial charge in [0.25, 0.3) is 0 Å². The van der Waals surface area contributed by atoms with E-state index >= 15 is 0 Å². The van der Waals surface area contributed by atoms with Crippen LogP contribution in [-0.4, -0.2) is 21.8 Å². The maximum Gasteiger partial charge on any atom is 0.174 e. The van der Waals surface area contributed by atoms with Gasteiger partial charge < -0.3 is 19.5 Å². The minimum absolute atomic E-state index is 0.0386. The lowest BCUT2D eigenvalue weighted by molar-refractivity contribution is 0.414. The number of benzene rings is 2. The third-order valence-electron chi connectivity index (χ3n) is 6.53. The fourth-order valence-corrected chi connectivity index (χ4v) is 5.22. The van der Waals surface area contributed by atoms with Gasteiger partial charge in [-0.1, -0.05) is 23.8 Å². The van der Waals surface area contributed by atoms with E-state index in [0.717, 1.165) is 22.8 Å². The van der Waals surface area contributed by atoms with Crippen molar-refractivity contribution in [1.29, 1.82) is 0 Å². The second-order valence-electron chi connectivity index (χ2n) is 8.69. The lowest BCUT2D eigenvalue weighted by Crippen LogP contribution is -2.29. The topological polar surface area (TPSA) is 42.3 Å². The number of methoxy groups -OCH3 is 1. The Labute approximate surface area is 206 Å². The first-order chi connectivity index (χ1) is 16.5. The smallest absolute Gasteiger partial charge is 0.174 e. The molecule has 0 spiro atoms. The molecule has 0 aliphatic carbocycles. The Morgan fingerprint density at radius 2 is 1.62 bits per heavy atom. The highest BCUT2D eigenvalue weighted by Crippen LogP contribution is 2.43. The summed E-state index contributed by atoms with van der Waals surface area (Å²) >= 11 is 5.88. The van der Waals surface area contributed by atoms with Crippen LogP contribution < -0.4 is 15.0 Å². The van der Waals surface area contributed by atoms with E-state index in [1.807, 2.05) is 30.5 Å². The van der Waals surface area contributed by atoms with Gasteiger partial charge in [0.05, 0.1) is 24.9 Å². The number of hydrogen-bond donors (Lipinski definition) is 1. The highest BCUT2D eigenvalue weighted by Gasteiger charge is 2.42. The molecule has 0 radical (unpaired) electrons. The molecule has 4 aromatic rings. The summed E-state index contributed by atoms with van der Waals surface area (Å²) in [6.07, 6.45) is 1.84. The molecule has 1 fully saturated rings. The average molecular weight is 469 g/mol. The highest BCUT2D eigenvalue weighted by molar-refractivity contribution is 7.80.